The Labute approximate surface area is 189 Å². The van der Waals surface area contributed by atoms with E-state index in [1.54, 1.807) is 0 Å². The molecule has 1 aliphatic rings. The molecule has 6 nitrogen and oxygen atoms in total. The third kappa shape index (κ3) is 5.77. The molecule has 0 atom stereocenters. The minimum Gasteiger partial charge on any atom is -0.406 e. The largest absolute Gasteiger partial charge is 0.573 e. The second-order valence-electron chi connectivity index (χ2n) is 7.62. The van der Waals surface area contributed by atoms with Crippen molar-refractivity contribution in [1.29, 1.82) is 0 Å². The monoisotopic (exact) mass is 514 g/mol. The number of halogens is 7. The Morgan fingerprint density at radius 3 is 2.29 bits per heavy atom. The number of carbonyl (C=O) groups is 1. The van der Waals surface area contributed by atoms with E-state index in [0.717, 1.165) is 24.4 Å². The zero-order valence-corrected chi connectivity index (χ0v) is 17.9. The van der Waals surface area contributed by atoms with E-state index < -0.39 is 68.4 Å². The fourth-order valence-electron chi connectivity index (χ4n) is 3.50. The number of hydrogen-bond acceptors (Lipinski definition) is 5. The molecular weight excluding hydrogens is 497 g/mol. The quantitative estimate of drug-likeness (QED) is 0.579. The van der Waals surface area contributed by atoms with Crippen molar-refractivity contribution in [2.24, 2.45) is 0 Å². The first kappa shape index (κ1) is 25.7. The van der Waals surface area contributed by atoms with Gasteiger partial charge in [-0.1, -0.05) is 6.07 Å². The molecule has 0 spiro atoms. The van der Waals surface area contributed by atoms with E-state index in [0.29, 0.717) is 18.3 Å². The molecule has 1 fully saturated rings. The molecule has 1 N–H and O–H groups in total. The molecule has 1 heterocycles. The lowest BCUT2D eigenvalue weighted by Crippen LogP contribution is -2.45. The Morgan fingerprint density at radius 1 is 1.06 bits per heavy atom. The second-order valence-corrected chi connectivity index (χ2v) is 9.83. The molecule has 1 amide bonds. The van der Waals surface area contributed by atoms with Gasteiger partial charge >= 0.3 is 12.5 Å². The van der Waals surface area contributed by atoms with Gasteiger partial charge in [-0.05, 0) is 49.9 Å². The number of alkyl halides is 7. The number of amides is 1. The summed E-state index contributed by atoms with van der Waals surface area (Å²) in [6, 6.07) is 3.22. The van der Waals surface area contributed by atoms with Crippen molar-refractivity contribution in [2.45, 2.75) is 54.2 Å². The maximum atomic E-state index is 15.4. The predicted molar refractivity (Wildman–Crippen MR) is 103 cm³/mol. The first-order valence-electron chi connectivity index (χ1n) is 9.73. The molecule has 186 valence electrons. The number of sulfone groups is 1. The smallest absolute Gasteiger partial charge is 0.406 e. The van der Waals surface area contributed by atoms with E-state index in [1.165, 1.54) is 0 Å². The number of ether oxygens (including phenoxy) is 1. The predicted octanol–water partition coefficient (Wildman–Crippen LogP) is 4.81. The molecule has 1 aromatic heterocycles. The number of carbonyl (C=O) groups excluding carboxylic acids is 1. The highest BCUT2D eigenvalue weighted by atomic mass is 32.2. The van der Waals surface area contributed by atoms with Crippen LogP contribution >= 0.6 is 0 Å². The average molecular weight is 514 g/mol. The van der Waals surface area contributed by atoms with E-state index in [9.17, 15) is 39.6 Å². The lowest BCUT2D eigenvalue weighted by Gasteiger charge is -2.33. The molecule has 1 saturated carbocycles. The van der Waals surface area contributed by atoms with Gasteiger partial charge in [-0.25, -0.2) is 12.8 Å². The van der Waals surface area contributed by atoms with Crippen LogP contribution in [0.1, 0.15) is 41.6 Å². The van der Waals surface area contributed by atoms with Crippen LogP contribution in [0.5, 0.6) is 5.75 Å². The van der Waals surface area contributed by atoms with Gasteiger partial charge in [-0.3, -0.25) is 9.78 Å². The second kappa shape index (κ2) is 9.04. The van der Waals surface area contributed by atoms with Crippen molar-refractivity contribution in [3.8, 4) is 5.75 Å². The molecular formula is C20H17F7N2O4S. The van der Waals surface area contributed by atoms with Crippen molar-refractivity contribution in [1.82, 2.24) is 10.3 Å². The van der Waals surface area contributed by atoms with Crippen molar-refractivity contribution in [3.63, 3.8) is 0 Å². The Balaban J connectivity index is 1.69. The van der Waals surface area contributed by atoms with Crippen LogP contribution < -0.4 is 10.1 Å². The standard InChI is InChI=1S/C20H17F7N2O4S/c21-18(34(31,32)16-3-1-2-15(9-16)33-20(25,26)27)6-4-14(5-7-18)29-17(30)12-8-13(11-28-10-12)19(22,23)24/h1-3,8-11,14H,4-7H2,(H,29,30)/t14-,18-. The maximum absolute atomic E-state index is 15.4. The summed E-state index contributed by atoms with van der Waals surface area (Å²) in [7, 11) is -4.73. The van der Waals surface area contributed by atoms with Gasteiger partial charge in [0.1, 0.15) is 5.75 Å². The van der Waals surface area contributed by atoms with Crippen LogP contribution in [-0.2, 0) is 16.0 Å². The minimum absolute atomic E-state index is 0.174. The molecule has 1 aliphatic carbocycles. The first-order valence-corrected chi connectivity index (χ1v) is 11.2. The highest BCUT2D eigenvalue weighted by Crippen LogP contribution is 2.41. The summed E-state index contributed by atoms with van der Waals surface area (Å²) >= 11 is 0. The van der Waals surface area contributed by atoms with E-state index >= 15 is 4.39 Å². The molecule has 0 aliphatic heterocycles. The van der Waals surface area contributed by atoms with Crippen LogP contribution in [0.3, 0.4) is 0 Å². The van der Waals surface area contributed by atoms with Gasteiger partial charge in [-0.15, -0.1) is 13.2 Å². The van der Waals surface area contributed by atoms with Crippen LogP contribution in [0.25, 0.3) is 0 Å². The first-order chi connectivity index (χ1) is 15.6. The summed E-state index contributed by atoms with van der Waals surface area (Å²) in [5, 5.41) is -0.392. The number of nitrogens with zero attached hydrogens (tertiary/aromatic N) is 1. The number of rotatable bonds is 5. The topological polar surface area (TPSA) is 85.4 Å². The Kier molecular flexibility index (Phi) is 6.84. The number of hydrogen-bond donors (Lipinski definition) is 1. The van der Waals surface area contributed by atoms with Gasteiger partial charge in [0.2, 0.25) is 14.8 Å². The SMILES string of the molecule is O=C(N[C@H]1CC[C@](F)(S(=O)(=O)c2cccc(OC(F)(F)F)c2)CC1)c1cncc(C(F)(F)F)c1. The zero-order chi connectivity index (χ0) is 25.4. The van der Waals surface area contributed by atoms with Gasteiger partial charge in [0.25, 0.3) is 5.91 Å². The highest BCUT2D eigenvalue weighted by Gasteiger charge is 2.48. The molecule has 1 aromatic carbocycles. The molecule has 2 aromatic rings. The van der Waals surface area contributed by atoms with Crippen LogP contribution in [0, 0.1) is 0 Å². The van der Waals surface area contributed by atoms with Gasteiger partial charge in [0, 0.05) is 18.4 Å². The minimum atomic E-state index is -5.07. The normalized spacial score (nSPS) is 21.7. The van der Waals surface area contributed by atoms with E-state index in [2.05, 4.69) is 15.0 Å². The fraction of sp³-hybridized carbons (Fsp3) is 0.400. The zero-order valence-electron chi connectivity index (χ0n) is 17.1. The fourth-order valence-corrected chi connectivity index (χ4v) is 5.22. The molecule has 0 saturated heterocycles. The lowest BCUT2D eigenvalue weighted by atomic mass is 9.93. The summed E-state index contributed by atoms with van der Waals surface area (Å²) in [5.41, 5.74) is -1.50. The third-order valence-electron chi connectivity index (χ3n) is 5.23. The van der Waals surface area contributed by atoms with Crippen molar-refractivity contribution in [3.05, 3.63) is 53.9 Å². The number of benzene rings is 1. The van der Waals surface area contributed by atoms with Crippen molar-refractivity contribution < 1.29 is 48.7 Å². The molecule has 0 radical (unpaired) electrons. The van der Waals surface area contributed by atoms with Gasteiger partial charge < -0.3 is 10.1 Å². The summed E-state index contributed by atoms with van der Waals surface area (Å²) in [4.78, 5) is 15.0. The number of aromatic nitrogens is 1. The maximum Gasteiger partial charge on any atom is 0.573 e. The summed E-state index contributed by atoms with van der Waals surface area (Å²) in [6.45, 7) is 0. The lowest BCUT2D eigenvalue weighted by molar-refractivity contribution is -0.274. The van der Waals surface area contributed by atoms with Gasteiger partial charge in [0.05, 0.1) is 16.0 Å². The number of nitrogens with one attached hydrogen (secondary N) is 1. The number of pyridine rings is 1. The highest BCUT2D eigenvalue weighted by molar-refractivity contribution is 7.92. The van der Waals surface area contributed by atoms with E-state index in [1.807, 2.05) is 0 Å². The van der Waals surface area contributed by atoms with Crippen molar-refractivity contribution >= 4 is 15.7 Å². The molecule has 0 unspecified atom stereocenters. The van der Waals surface area contributed by atoms with Crippen LogP contribution in [0.2, 0.25) is 0 Å². The van der Waals surface area contributed by atoms with Gasteiger partial charge in [0.15, 0.2) is 0 Å². The Bertz CT molecular complexity index is 1160. The molecule has 3 rings (SSSR count). The Morgan fingerprint density at radius 2 is 1.71 bits per heavy atom. The molecule has 0 bridgehead atoms. The third-order valence-corrected chi connectivity index (χ3v) is 7.47. The molecule has 34 heavy (non-hydrogen) atoms. The molecule has 14 heteroatoms. The van der Waals surface area contributed by atoms with Gasteiger partial charge in [-0.2, -0.15) is 13.2 Å². The van der Waals surface area contributed by atoms with Crippen molar-refractivity contribution in [2.75, 3.05) is 0 Å². The van der Waals surface area contributed by atoms with Crippen LogP contribution in [0.4, 0.5) is 30.7 Å². The summed E-state index contributed by atoms with van der Waals surface area (Å²) < 4.78 is 120. The average Bonchev–Trinajstić information content (AvgIpc) is 2.74. The van der Waals surface area contributed by atoms with Crippen LogP contribution in [-0.4, -0.2) is 36.7 Å². The van der Waals surface area contributed by atoms with Crippen LogP contribution in [0.15, 0.2) is 47.6 Å². The summed E-state index contributed by atoms with van der Waals surface area (Å²) in [5.74, 6) is -1.72. The van der Waals surface area contributed by atoms with E-state index in [4.69, 9.17) is 0 Å². The Hall–Kier alpha value is -2.90. The summed E-state index contributed by atoms with van der Waals surface area (Å²) in [6.07, 6.45) is -9.84. The van der Waals surface area contributed by atoms with E-state index in [-0.39, 0.29) is 18.4 Å².